The maximum atomic E-state index is 11.2. The summed E-state index contributed by atoms with van der Waals surface area (Å²) in [5, 5.41) is 2.78. The van der Waals surface area contributed by atoms with Crippen LogP contribution in [0.25, 0.3) is 0 Å². The van der Waals surface area contributed by atoms with E-state index in [1.165, 1.54) is 6.92 Å². The average molecular weight is 278 g/mol. The van der Waals surface area contributed by atoms with E-state index < -0.39 is 0 Å². The number of nitrogens with one attached hydrogen (secondary N) is 1. The van der Waals surface area contributed by atoms with Gasteiger partial charge in [0.05, 0.1) is 12.3 Å². The van der Waals surface area contributed by atoms with Crippen LogP contribution in [0.4, 0.5) is 5.69 Å². The third kappa shape index (κ3) is 5.61. The number of nitrogens with two attached hydrogens (primary N) is 1. The molecule has 1 atom stereocenters. The molecule has 0 heterocycles. The predicted octanol–water partition coefficient (Wildman–Crippen LogP) is 2.96. The van der Waals surface area contributed by atoms with Gasteiger partial charge >= 0.3 is 0 Å². The van der Waals surface area contributed by atoms with E-state index in [4.69, 9.17) is 10.5 Å². The molecule has 0 fully saturated rings. The van der Waals surface area contributed by atoms with Crippen LogP contribution in [0, 0.1) is 5.92 Å². The highest BCUT2D eigenvalue weighted by molar-refractivity contribution is 5.90. The number of hydrogen-bond donors (Lipinski definition) is 2. The molecule has 1 rings (SSSR count). The zero-order chi connectivity index (χ0) is 15.1. The summed E-state index contributed by atoms with van der Waals surface area (Å²) in [7, 11) is 0. The number of hydrogen-bond acceptors (Lipinski definition) is 3. The van der Waals surface area contributed by atoms with Crippen LogP contribution in [0.15, 0.2) is 18.2 Å². The maximum absolute atomic E-state index is 11.2. The molecule has 1 unspecified atom stereocenters. The Morgan fingerprint density at radius 2 is 2.10 bits per heavy atom. The fourth-order valence-corrected chi connectivity index (χ4v) is 2.25. The van der Waals surface area contributed by atoms with Crippen molar-refractivity contribution in [3.8, 4) is 5.75 Å². The minimum absolute atomic E-state index is 0.102. The number of benzene rings is 1. The lowest BCUT2D eigenvalue weighted by atomic mass is 9.98. The van der Waals surface area contributed by atoms with Gasteiger partial charge in [0, 0.05) is 13.0 Å². The summed E-state index contributed by atoms with van der Waals surface area (Å²) in [5.74, 6) is 1.20. The lowest BCUT2D eigenvalue weighted by Gasteiger charge is -2.16. The Bertz CT molecular complexity index is 444. The van der Waals surface area contributed by atoms with Gasteiger partial charge in [-0.25, -0.2) is 0 Å². The first-order chi connectivity index (χ1) is 9.42. The Kier molecular flexibility index (Phi) is 6.52. The van der Waals surface area contributed by atoms with Crippen molar-refractivity contribution >= 4 is 11.6 Å². The smallest absolute Gasteiger partial charge is 0.221 e. The number of rotatable bonds is 7. The second-order valence-electron chi connectivity index (χ2n) is 5.54. The highest BCUT2D eigenvalue weighted by Gasteiger charge is 2.10. The van der Waals surface area contributed by atoms with E-state index in [2.05, 4.69) is 19.2 Å². The molecule has 112 valence electrons. The Morgan fingerprint density at radius 1 is 1.40 bits per heavy atom. The molecule has 20 heavy (non-hydrogen) atoms. The van der Waals surface area contributed by atoms with Crippen molar-refractivity contribution in [3.63, 3.8) is 0 Å². The first-order valence-electron chi connectivity index (χ1n) is 7.21. The van der Waals surface area contributed by atoms with Crippen LogP contribution in [0.2, 0.25) is 0 Å². The molecule has 0 aromatic heterocycles. The van der Waals surface area contributed by atoms with Crippen molar-refractivity contribution in [2.24, 2.45) is 11.7 Å². The standard InChI is InChI=1S/C16H26N2O2/c1-5-20-16-10-13(9-14(17)8-11(2)3)6-7-15(16)18-12(4)19/h6-7,10-11,14H,5,8-9,17H2,1-4H3,(H,18,19). The Hall–Kier alpha value is -1.55. The molecular weight excluding hydrogens is 252 g/mol. The lowest BCUT2D eigenvalue weighted by molar-refractivity contribution is -0.114. The molecule has 0 aliphatic carbocycles. The highest BCUT2D eigenvalue weighted by Crippen LogP contribution is 2.27. The second kappa shape index (κ2) is 7.90. The van der Waals surface area contributed by atoms with Gasteiger partial charge in [0.25, 0.3) is 0 Å². The Balaban J connectivity index is 2.83. The molecule has 3 N–H and O–H groups in total. The molecule has 0 aliphatic rings. The Labute approximate surface area is 121 Å². The normalized spacial score (nSPS) is 12.3. The number of amides is 1. The molecule has 0 aliphatic heterocycles. The first kappa shape index (κ1) is 16.5. The van der Waals surface area contributed by atoms with Crippen molar-refractivity contribution < 1.29 is 9.53 Å². The monoisotopic (exact) mass is 278 g/mol. The number of carbonyl (C=O) groups excluding carboxylic acids is 1. The molecule has 4 nitrogen and oxygen atoms in total. The van der Waals surface area contributed by atoms with Gasteiger partial charge in [-0.1, -0.05) is 19.9 Å². The second-order valence-corrected chi connectivity index (χ2v) is 5.54. The first-order valence-corrected chi connectivity index (χ1v) is 7.21. The average Bonchev–Trinajstić information content (AvgIpc) is 2.31. The van der Waals surface area contributed by atoms with Gasteiger partial charge in [-0.05, 0) is 43.4 Å². The van der Waals surface area contributed by atoms with Gasteiger partial charge in [0.1, 0.15) is 5.75 Å². The lowest BCUT2D eigenvalue weighted by Crippen LogP contribution is -2.24. The number of ether oxygens (including phenoxy) is 1. The summed E-state index contributed by atoms with van der Waals surface area (Å²) < 4.78 is 5.59. The summed E-state index contributed by atoms with van der Waals surface area (Å²) in [4.78, 5) is 11.2. The summed E-state index contributed by atoms with van der Waals surface area (Å²) >= 11 is 0. The molecule has 1 amide bonds. The number of carbonyl (C=O) groups is 1. The van der Waals surface area contributed by atoms with Gasteiger partial charge in [0.2, 0.25) is 5.91 Å². The quantitative estimate of drug-likeness (QED) is 0.806. The van der Waals surface area contributed by atoms with Gasteiger partial charge in [-0.15, -0.1) is 0 Å². The van der Waals surface area contributed by atoms with Gasteiger partial charge < -0.3 is 15.8 Å². The number of anilines is 1. The van der Waals surface area contributed by atoms with E-state index in [0.717, 1.165) is 18.4 Å². The van der Waals surface area contributed by atoms with E-state index >= 15 is 0 Å². The zero-order valence-electron chi connectivity index (χ0n) is 12.9. The van der Waals surface area contributed by atoms with E-state index in [-0.39, 0.29) is 11.9 Å². The minimum Gasteiger partial charge on any atom is -0.492 e. The molecule has 4 heteroatoms. The summed E-state index contributed by atoms with van der Waals surface area (Å²) in [6.45, 7) is 8.32. The van der Waals surface area contributed by atoms with E-state index in [1.54, 1.807) is 0 Å². The SMILES string of the molecule is CCOc1cc(CC(N)CC(C)C)ccc1NC(C)=O. The van der Waals surface area contributed by atoms with Crippen LogP contribution in [0.1, 0.15) is 39.7 Å². The molecule has 1 aromatic carbocycles. The molecular formula is C16H26N2O2. The van der Waals surface area contributed by atoms with Crippen LogP contribution in [0.3, 0.4) is 0 Å². The molecule has 0 saturated heterocycles. The van der Waals surface area contributed by atoms with Crippen LogP contribution in [0.5, 0.6) is 5.75 Å². The Morgan fingerprint density at radius 3 is 2.65 bits per heavy atom. The maximum Gasteiger partial charge on any atom is 0.221 e. The van der Waals surface area contributed by atoms with Crippen LogP contribution in [-0.4, -0.2) is 18.6 Å². The third-order valence-corrected chi connectivity index (χ3v) is 2.93. The van der Waals surface area contributed by atoms with Crippen LogP contribution in [-0.2, 0) is 11.2 Å². The van der Waals surface area contributed by atoms with E-state index in [9.17, 15) is 4.79 Å². The van der Waals surface area contributed by atoms with Crippen molar-refractivity contribution in [2.45, 2.75) is 46.6 Å². The van der Waals surface area contributed by atoms with Crippen molar-refractivity contribution in [1.82, 2.24) is 0 Å². The van der Waals surface area contributed by atoms with Gasteiger partial charge in [-0.3, -0.25) is 4.79 Å². The van der Waals surface area contributed by atoms with E-state index in [1.807, 2.05) is 25.1 Å². The van der Waals surface area contributed by atoms with Crippen molar-refractivity contribution in [2.75, 3.05) is 11.9 Å². The van der Waals surface area contributed by atoms with Gasteiger partial charge in [0.15, 0.2) is 0 Å². The van der Waals surface area contributed by atoms with Crippen molar-refractivity contribution in [1.29, 1.82) is 0 Å². The highest BCUT2D eigenvalue weighted by atomic mass is 16.5. The molecule has 0 radical (unpaired) electrons. The molecule has 0 saturated carbocycles. The van der Waals surface area contributed by atoms with Crippen molar-refractivity contribution in [3.05, 3.63) is 23.8 Å². The summed E-state index contributed by atoms with van der Waals surface area (Å²) in [6, 6.07) is 5.99. The fourth-order valence-electron chi connectivity index (χ4n) is 2.25. The largest absolute Gasteiger partial charge is 0.492 e. The van der Waals surface area contributed by atoms with Gasteiger partial charge in [-0.2, -0.15) is 0 Å². The van der Waals surface area contributed by atoms with Crippen LogP contribution < -0.4 is 15.8 Å². The molecule has 0 spiro atoms. The van der Waals surface area contributed by atoms with E-state index in [0.29, 0.717) is 24.0 Å². The molecule has 1 aromatic rings. The summed E-state index contributed by atoms with van der Waals surface area (Å²) in [5.41, 5.74) is 7.98. The molecule has 0 bridgehead atoms. The third-order valence-electron chi connectivity index (χ3n) is 2.93. The fraction of sp³-hybridized carbons (Fsp3) is 0.562. The minimum atomic E-state index is -0.102. The zero-order valence-corrected chi connectivity index (χ0v) is 12.9. The van der Waals surface area contributed by atoms with Crippen LogP contribution >= 0.6 is 0 Å². The summed E-state index contributed by atoms with van der Waals surface area (Å²) in [6.07, 6.45) is 1.82. The predicted molar refractivity (Wildman–Crippen MR) is 83.0 cm³/mol. The topological polar surface area (TPSA) is 64.3 Å².